The Labute approximate surface area is 127 Å². The molecule has 0 unspecified atom stereocenters. The molecule has 6 nitrogen and oxygen atoms in total. The molecule has 0 saturated heterocycles. The fourth-order valence-corrected chi connectivity index (χ4v) is 2.37. The van der Waals surface area contributed by atoms with E-state index in [1.165, 1.54) is 17.8 Å². The topological polar surface area (TPSA) is 93.9 Å². The van der Waals surface area contributed by atoms with E-state index in [0.29, 0.717) is 27.4 Å². The molecule has 112 valence electrons. The summed E-state index contributed by atoms with van der Waals surface area (Å²) in [5.41, 5.74) is 6.42. The van der Waals surface area contributed by atoms with Gasteiger partial charge in [0.05, 0.1) is 5.69 Å². The molecular weight excluding hydrogens is 288 g/mol. The number of nitrogens with zero attached hydrogens (tertiary/aromatic N) is 2. The van der Waals surface area contributed by atoms with Crippen molar-refractivity contribution in [3.63, 3.8) is 0 Å². The van der Waals surface area contributed by atoms with Crippen molar-refractivity contribution in [1.29, 1.82) is 0 Å². The van der Waals surface area contributed by atoms with Crippen LogP contribution in [0.15, 0.2) is 33.2 Å². The number of aromatic amines is 1. The molecule has 0 radical (unpaired) electrons. The van der Waals surface area contributed by atoms with Gasteiger partial charge >= 0.3 is 0 Å². The highest BCUT2D eigenvalue weighted by atomic mass is 32.2. The van der Waals surface area contributed by atoms with E-state index in [9.17, 15) is 4.79 Å². The summed E-state index contributed by atoms with van der Waals surface area (Å²) in [7, 11) is 0. The van der Waals surface area contributed by atoms with Crippen LogP contribution in [0, 0.1) is 6.92 Å². The lowest BCUT2D eigenvalue weighted by Gasteiger charge is -2.21. The van der Waals surface area contributed by atoms with Gasteiger partial charge in [-0.15, -0.1) is 0 Å². The van der Waals surface area contributed by atoms with Crippen LogP contribution in [0.4, 0.5) is 5.69 Å². The van der Waals surface area contributed by atoms with Crippen LogP contribution in [0.2, 0.25) is 0 Å². The number of ether oxygens (including phenoxy) is 1. The Morgan fingerprint density at radius 1 is 1.29 bits per heavy atom. The largest absolute Gasteiger partial charge is 0.470 e. The number of aryl methyl sites for hydroxylation is 1. The van der Waals surface area contributed by atoms with Crippen LogP contribution in [0.3, 0.4) is 0 Å². The van der Waals surface area contributed by atoms with E-state index < -0.39 is 0 Å². The first-order valence-electron chi connectivity index (χ1n) is 6.44. The average molecular weight is 306 g/mol. The maximum Gasteiger partial charge on any atom is 0.251 e. The lowest BCUT2D eigenvalue weighted by atomic mass is 10.2. The summed E-state index contributed by atoms with van der Waals surface area (Å²) in [5.74, 6) is 0.377. The monoisotopic (exact) mass is 306 g/mol. The van der Waals surface area contributed by atoms with Crippen LogP contribution in [-0.4, -0.2) is 20.6 Å². The second-order valence-electron chi connectivity index (χ2n) is 5.55. The number of nitrogen functional groups attached to an aromatic ring is 1. The van der Waals surface area contributed by atoms with Gasteiger partial charge in [-0.2, -0.15) is 0 Å². The molecule has 0 amide bonds. The molecule has 0 spiro atoms. The Morgan fingerprint density at radius 3 is 2.62 bits per heavy atom. The van der Waals surface area contributed by atoms with Gasteiger partial charge in [-0.05, 0) is 51.6 Å². The molecule has 0 aliphatic heterocycles. The van der Waals surface area contributed by atoms with Gasteiger partial charge in [0.25, 0.3) is 5.56 Å². The van der Waals surface area contributed by atoms with Gasteiger partial charge in [0.1, 0.15) is 10.6 Å². The summed E-state index contributed by atoms with van der Waals surface area (Å²) in [4.78, 5) is 22.7. The first-order valence-corrected chi connectivity index (χ1v) is 7.26. The molecule has 2 heterocycles. The molecule has 0 aromatic carbocycles. The molecule has 0 aliphatic carbocycles. The van der Waals surface area contributed by atoms with E-state index >= 15 is 0 Å². The number of anilines is 1. The maximum atomic E-state index is 11.4. The molecule has 0 bridgehead atoms. The lowest BCUT2D eigenvalue weighted by Crippen LogP contribution is -2.24. The molecular formula is C14H18N4O2S. The van der Waals surface area contributed by atoms with E-state index in [2.05, 4.69) is 15.0 Å². The number of nitrogens with one attached hydrogen (secondary N) is 1. The number of rotatable bonds is 3. The molecule has 0 saturated carbocycles. The van der Waals surface area contributed by atoms with Crippen molar-refractivity contribution in [3.8, 4) is 5.88 Å². The van der Waals surface area contributed by atoms with Crippen molar-refractivity contribution in [2.24, 2.45) is 0 Å². The molecule has 2 rings (SSSR count). The van der Waals surface area contributed by atoms with Crippen LogP contribution >= 0.6 is 11.8 Å². The third-order valence-corrected chi connectivity index (χ3v) is 3.14. The fourth-order valence-electron chi connectivity index (χ4n) is 1.56. The predicted molar refractivity (Wildman–Crippen MR) is 82.7 cm³/mol. The molecule has 2 aromatic heterocycles. The van der Waals surface area contributed by atoms with Crippen LogP contribution < -0.4 is 16.0 Å². The van der Waals surface area contributed by atoms with Crippen molar-refractivity contribution in [2.75, 3.05) is 5.73 Å². The van der Waals surface area contributed by atoms with Gasteiger partial charge in [0, 0.05) is 11.8 Å². The summed E-state index contributed by atoms with van der Waals surface area (Å²) in [6, 6.07) is 4.93. The van der Waals surface area contributed by atoms with Crippen LogP contribution in [-0.2, 0) is 0 Å². The van der Waals surface area contributed by atoms with Crippen molar-refractivity contribution in [2.45, 2.75) is 43.5 Å². The van der Waals surface area contributed by atoms with Gasteiger partial charge in [-0.25, -0.2) is 9.97 Å². The van der Waals surface area contributed by atoms with Crippen molar-refractivity contribution in [1.82, 2.24) is 15.0 Å². The predicted octanol–water partition coefficient (Wildman–Crippen LogP) is 2.38. The average Bonchev–Trinajstić information content (AvgIpc) is 2.30. The fraction of sp³-hybridized carbons (Fsp3) is 0.357. The van der Waals surface area contributed by atoms with E-state index in [-0.39, 0.29) is 11.2 Å². The summed E-state index contributed by atoms with van der Waals surface area (Å²) < 4.78 is 5.72. The third-order valence-electron chi connectivity index (χ3n) is 2.32. The molecule has 21 heavy (non-hydrogen) atoms. The Morgan fingerprint density at radius 2 is 2.00 bits per heavy atom. The minimum atomic E-state index is -0.389. The zero-order valence-corrected chi connectivity index (χ0v) is 13.2. The number of hydrogen-bond donors (Lipinski definition) is 2. The van der Waals surface area contributed by atoms with E-state index in [4.69, 9.17) is 10.5 Å². The minimum Gasteiger partial charge on any atom is -0.470 e. The van der Waals surface area contributed by atoms with Gasteiger partial charge < -0.3 is 15.5 Å². The highest BCUT2D eigenvalue weighted by Gasteiger charge is 2.16. The van der Waals surface area contributed by atoms with Crippen molar-refractivity contribution < 1.29 is 4.74 Å². The molecule has 0 fully saturated rings. The Kier molecular flexibility index (Phi) is 4.22. The number of pyridine rings is 1. The number of H-pyrrole nitrogens is 1. The van der Waals surface area contributed by atoms with Gasteiger partial charge in [-0.3, -0.25) is 4.79 Å². The lowest BCUT2D eigenvalue weighted by molar-refractivity contribution is 0.124. The molecule has 7 heteroatoms. The number of hydrogen-bond acceptors (Lipinski definition) is 6. The first-order chi connectivity index (χ1) is 9.73. The Balaban J connectivity index is 2.28. The summed E-state index contributed by atoms with van der Waals surface area (Å²) in [6.07, 6.45) is 0. The Hall–Kier alpha value is -2.02. The minimum absolute atomic E-state index is 0.188. The second-order valence-corrected chi connectivity index (χ2v) is 6.56. The summed E-state index contributed by atoms with van der Waals surface area (Å²) >= 11 is 1.25. The summed E-state index contributed by atoms with van der Waals surface area (Å²) in [5, 5.41) is 1.14. The zero-order valence-electron chi connectivity index (χ0n) is 12.4. The highest BCUT2D eigenvalue weighted by Crippen LogP contribution is 2.29. The van der Waals surface area contributed by atoms with Crippen molar-refractivity contribution >= 4 is 17.4 Å². The molecule has 3 N–H and O–H groups in total. The van der Waals surface area contributed by atoms with Gasteiger partial charge in [0.2, 0.25) is 5.88 Å². The zero-order chi connectivity index (χ0) is 15.6. The van der Waals surface area contributed by atoms with Gasteiger partial charge in [0.15, 0.2) is 5.16 Å². The number of nitrogens with two attached hydrogens (primary N) is 1. The van der Waals surface area contributed by atoms with E-state index in [1.54, 1.807) is 19.1 Å². The summed E-state index contributed by atoms with van der Waals surface area (Å²) in [6.45, 7) is 7.54. The van der Waals surface area contributed by atoms with Crippen LogP contribution in [0.5, 0.6) is 5.88 Å². The molecule has 0 aliphatic rings. The third kappa shape index (κ3) is 4.49. The van der Waals surface area contributed by atoms with Gasteiger partial charge in [-0.1, -0.05) is 0 Å². The van der Waals surface area contributed by atoms with Crippen LogP contribution in [0.25, 0.3) is 0 Å². The maximum absolute atomic E-state index is 11.4. The quantitative estimate of drug-likeness (QED) is 0.846. The second kappa shape index (κ2) is 5.77. The smallest absolute Gasteiger partial charge is 0.251 e. The standard InChI is InChI=1S/C14H18N4O2S/c1-8-7-10(19)17-13(16-8)21-11-6-5-9(15)12(18-11)20-14(2,3)4/h5-7H,15H2,1-4H3,(H,16,17,19). The highest BCUT2D eigenvalue weighted by molar-refractivity contribution is 7.99. The SMILES string of the molecule is Cc1cc(=O)[nH]c(Sc2ccc(N)c(OC(C)(C)C)n2)n1. The first kappa shape index (κ1) is 15.4. The Bertz CT molecular complexity index is 707. The molecule has 2 aromatic rings. The molecule has 0 atom stereocenters. The van der Waals surface area contributed by atoms with E-state index in [1.807, 2.05) is 20.8 Å². The van der Waals surface area contributed by atoms with Crippen LogP contribution in [0.1, 0.15) is 26.5 Å². The van der Waals surface area contributed by atoms with E-state index in [0.717, 1.165) is 0 Å². The normalized spacial score (nSPS) is 11.4. The number of aromatic nitrogens is 3. The van der Waals surface area contributed by atoms with Crippen molar-refractivity contribution in [3.05, 3.63) is 34.2 Å².